The molecule has 0 spiro atoms. The molecule has 0 saturated carbocycles. The SMILES string of the molecule is COc1cc(Cl)c(C)cc1NC(=O)C(C)Sc1n[nH]c(=O)n1Cc1ccccc1. The van der Waals surface area contributed by atoms with Gasteiger partial charge in [0.1, 0.15) is 5.75 Å². The fourth-order valence-corrected chi connectivity index (χ4v) is 3.68. The Labute approximate surface area is 177 Å². The van der Waals surface area contributed by atoms with Crippen LogP contribution in [0.4, 0.5) is 5.69 Å². The predicted octanol–water partition coefficient (Wildman–Crippen LogP) is 3.71. The second-order valence-electron chi connectivity index (χ2n) is 6.43. The molecule has 1 unspecified atom stereocenters. The summed E-state index contributed by atoms with van der Waals surface area (Å²) in [7, 11) is 1.51. The number of benzene rings is 2. The Morgan fingerprint density at radius 2 is 2.07 bits per heavy atom. The second kappa shape index (κ2) is 9.19. The molecule has 0 aliphatic carbocycles. The van der Waals surface area contributed by atoms with E-state index in [0.29, 0.717) is 28.2 Å². The van der Waals surface area contributed by atoms with Gasteiger partial charge in [-0.1, -0.05) is 53.7 Å². The topological polar surface area (TPSA) is 89.0 Å². The van der Waals surface area contributed by atoms with Crippen LogP contribution in [0, 0.1) is 6.92 Å². The Morgan fingerprint density at radius 1 is 1.34 bits per heavy atom. The minimum Gasteiger partial charge on any atom is -0.495 e. The van der Waals surface area contributed by atoms with E-state index in [4.69, 9.17) is 16.3 Å². The van der Waals surface area contributed by atoms with Crippen LogP contribution >= 0.6 is 23.4 Å². The molecule has 0 saturated heterocycles. The zero-order valence-corrected chi connectivity index (χ0v) is 17.8. The van der Waals surface area contributed by atoms with Crippen LogP contribution in [0.2, 0.25) is 5.02 Å². The number of amides is 1. The highest BCUT2D eigenvalue weighted by Crippen LogP contribution is 2.32. The Hall–Kier alpha value is -2.71. The van der Waals surface area contributed by atoms with Crippen molar-refractivity contribution in [2.24, 2.45) is 0 Å². The summed E-state index contributed by atoms with van der Waals surface area (Å²) < 4.78 is 6.81. The molecule has 0 aliphatic heterocycles. The minimum atomic E-state index is -0.500. The number of aryl methyl sites for hydroxylation is 1. The first kappa shape index (κ1) is 21.0. The highest BCUT2D eigenvalue weighted by molar-refractivity contribution is 8.00. The Morgan fingerprint density at radius 3 is 2.76 bits per heavy atom. The zero-order chi connectivity index (χ0) is 21.0. The van der Waals surface area contributed by atoms with Gasteiger partial charge in [-0.2, -0.15) is 0 Å². The Bertz CT molecular complexity index is 1070. The van der Waals surface area contributed by atoms with Crippen molar-refractivity contribution < 1.29 is 9.53 Å². The van der Waals surface area contributed by atoms with Crippen molar-refractivity contribution in [3.63, 3.8) is 0 Å². The molecule has 29 heavy (non-hydrogen) atoms. The maximum Gasteiger partial charge on any atom is 0.344 e. The van der Waals surface area contributed by atoms with Gasteiger partial charge in [-0.15, -0.1) is 5.10 Å². The van der Waals surface area contributed by atoms with Gasteiger partial charge in [0.25, 0.3) is 0 Å². The first-order valence-electron chi connectivity index (χ1n) is 8.90. The number of carbonyl (C=O) groups excluding carboxylic acids is 1. The largest absolute Gasteiger partial charge is 0.495 e. The third kappa shape index (κ3) is 5.02. The number of nitrogens with zero attached hydrogens (tertiary/aromatic N) is 2. The zero-order valence-electron chi connectivity index (χ0n) is 16.2. The lowest BCUT2D eigenvalue weighted by Gasteiger charge is -2.15. The van der Waals surface area contributed by atoms with Crippen LogP contribution in [0.15, 0.2) is 52.4 Å². The van der Waals surface area contributed by atoms with E-state index in [-0.39, 0.29) is 11.6 Å². The van der Waals surface area contributed by atoms with Crippen molar-refractivity contribution in [3.05, 3.63) is 69.1 Å². The number of methoxy groups -OCH3 is 1. The number of ether oxygens (including phenoxy) is 1. The molecular formula is C20H21ClN4O3S. The number of rotatable bonds is 7. The fraction of sp³-hybridized carbons (Fsp3) is 0.250. The molecule has 1 atom stereocenters. The summed E-state index contributed by atoms with van der Waals surface area (Å²) in [5, 5.41) is 9.88. The molecule has 0 aliphatic rings. The number of hydrogen-bond donors (Lipinski definition) is 2. The summed E-state index contributed by atoms with van der Waals surface area (Å²) in [6.45, 7) is 3.97. The number of carbonyl (C=O) groups is 1. The summed E-state index contributed by atoms with van der Waals surface area (Å²) >= 11 is 7.32. The van der Waals surface area contributed by atoms with Gasteiger partial charge in [0, 0.05) is 11.1 Å². The molecule has 3 rings (SSSR count). The predicted molar refractivity (Wildman–Crippen MR) is 115 cm³/mol. The lowest BCUT2D eigenvalue weighted by Crippen LogP contribution is -2.24. The van der Waals surface area contributed by atoms with E-state index in [1.54, 1.807) is 19.1 Å². The van der Waals surface area contributed by atoms with Gasteiger partial charge in [0.2, 0.25) is 5.91 Å². The normalized spacial score (nSPS) is 11.9. The average Bonchev–Trinajstić information content (AvgIpc) is 3.04. The van der Waals surface area contributed by atoms with Gasteiger partial charge in [-0.05, 0) is 31.0 Å². The maximum atomic E-state index is 12.7. The van der Waals surface area contributed by atoms with Crippen molar-refractivity contribution in [2.45, 2.75) is 30.8 Å². The monoisotopic (exact) mass is 432 g/mol. The summed E-state index contributed by atoms with van der Waals surface area (Å²) in [6.07, 6.45) is 0. The quantitative estimate of drug-likeness (QED) is 0.555. The maximum absolute atomic E-state index is 12.7. The molecule has 1 amide bonds. The van der Waals surface area contributed by atoms with Gasteiger partial charge in [-0.25, -0.2) is 9.89 Å². The number of aromatic amines is 1. The Kier molecular flexibility index (Phi) is 6.66. The van der Waals surface area contributed by atoms with Crippen LogP contribution in [-0.4, -0.2) is 33.0 Å². The molecule has 3 aromatic rings. The highest BCUT2D eigenvalue weighted by Gasteiger charge is 2.21. The lowest BCUT2D eigenvalue weighted by atomic mass is 10.2. The fourth-order valence-electron chi connectivity index (χ4n) is 2.67. The van der Waals surface area contributed by atoms with Crippen molar-refractivity contribution in [1.29, 1.82) is 0 Å². The van der Waals surface area contributed by atoms with Crippen molar-refractivity contribution in [3.8, 4) is 5.75 Å². The molecule has 1 aromatic heterocycles. The number of H-pyrrole nitrogens is 1. The number of halogens is 1. The second-order valence-corrected chi connectivity index (χ2v) is 8.15. The summed E-state index contributed by atoms with van der Waals surface area (Å²) in [4.78, 5) is 24.9. The molecular weight excluding hydrogens is 412 g/mol. The summed E-state index contributed by atoms with van der Waals surface area (Å²) in [6, 6.07) is 13.0. The van der Waals surface area contributed by atoms with Crippen LogP contribution < -0.4 is 15.7 Å². The number of nitrogens with one attached hydrogen (secondary N) is 2. The van der Waals surface area contributed by atoms with Gasteiger partial charge in [-0.3, -0.25) is 9.36 Å². The smallest absolute Gasteiger partial charge is 0.344 e. The first-order chi connectivity index (χ1) is 13.9. The number of hydrogen-bond acceptors (Lipinski definition) is 5. The van der Waals surface area contributed by atoms with Gasteiger partial charge >= 0.3 is 5.69 Å². The van der Waals surface area contributed by atoms with E-state index >= 15 is 0 Å². The van der Waals surface area contributed by atoms with Gasteiger partial charge < -0.3 is 10.1 Å². The molecule has 152 valence electrons. The molecule has 2 N–H and O–H groups in total. The molecule has 2 aromatic carbocycles. The van der Waals surface area contributed by atoms with Crippen LogP contribution in [0.25, 0.3) is 0 Å². The molecule has 0 radical (unpaired) electrons. The van der Waals surface area contributed by atoms with E-state index in [1.165, 1.54) is 23.4 Å². The van der Waals surface area contributed by atoms with Gasteiger partial charge in [0.05, 0.1) is 24.6 Å². The molecule has 7 nitrogen and oxygen atoms in total. The lowest BCUT2D eigenvalue weighted by molar-refractivity contribution is -0.115. The van der Waals surface area contributed by atoms with Crippen molar-refractivity contribution in [1.82, 2.24) is 14.8 Å². The summed E-state index contributed by atoms with van der Waals surface area (Å²) in [5.41, 5.74) is 2.01. The van der Waals surface area contributed by atoms with E-state index in [1.807, 2.05) is 37.3 Å². The van der Waals surface area contributed by atoms with E-state index < -0.39 is 5.25 Å². The van der Waals surface area contributed by atoms with E-state index in [0.717, 1.165) is 11.1 Å². The standard InChI is InChI=1S/C20H21ClN4O3S/c1-12-9-16(17(28-3)10-15(12)21)22-18(26)13(2)29-20-24-23-19(27)25(20)11-14-7-5-4-6-8-14/h4-10,13H,11H2,1-3H3,(H,22,26)(H,23,27). The molecule has 0 bridgehead atoms. The van der Waals surface area contributed by atoms with Crippen LogP contribution in [-0.2, 0) is 11.3 Å². The summed E-state index contributed by atoms with van der Waals surface area (Å²) in [5.74, 6) is 0.239. The van der Waals surface area contributed by atoms with E-state index in [9.17, 15) is 9.59 Å². The van der Waals surface area contributed by atoms with Crippen molar-refractivity contribution >= 4 is 35.0 Å². The average molecular weight is 433 g/mol. The number of aromatic nitrogens is 3. The van der Waals surface area contributed by atoms with E-state index in [2.05, 4.69) is 15.5 Å². The molecule has 0 fully saturated rings. The van der Waals surface area contributed by atoms with Gasteiger partial charge in [0.15, 0.2) is 5.16 Å². The third-order valence-electron chi connectivity index (χ3n) is 4.30. The highest BCUT2D eigenvalue weighted by atomic mass is 35.5. The van der Waals surface area contributed by atoms with Crippen LogP contribution in [0.3, 0.4) is 0 Å². The molecule has 9 heteroatoms. The van der Waals surface area contributed by atoms with Crippen molar-refractivity contribution in [2.75, 3.05) is 12.4 Å². The first-order valence-corrected chi connectivity index (χ1v) is 10.2. The Balaban J connectivity index is 1.74. The number of thioether (sulfide) groups is 1. The third-order valence-corrected chi connectivity index (χ3v) is 5.79. The number of anilines is 1. The minimum absolute atomic E-state index is 0.239. The molecule has 1 heterocycles. The van der Waals surface area contributed by atoms with Crippen LogP contribution in [0.1, 0.15) is 18.1 Å². The van der Waals surface area contributed by atoms with Crippen LogP contribution in [0.5, 0.6) is 5.75 Å².